The molecule has 0 atom stereocenters. The normalized spacial score (nSPS) is 10.8. The van der Waals surface area contributed by atoms with Crippen LogP contribution in [0.2, 0.25) is 0 Å². The van der Waals surface area contributed by atoms with Gasteiger partial charge in [-0.05, 0) is 24.3 Å². The molecule has 30 heavy (non-hydrogen) atoms. The summed E-state index contributed by atoms with van der Waals surface area (Å²) in [5, 5.41) is 0. The van der Waals surface area contributed by atoms with E-state index in [9.17, 15) is 0 Å². The van der Waals surface area contributed by atoms with Crippen molar-refractivity contribution in [1.29, 1.82) is 0 Å². The lowest BCUT2D eigenvalue weighted by Crippen LogP contribution is -1.83. The predicted octanol–water partition coefficient (Wildman–Crippen LogP) is 11.2. The van der Waals surface area contributed by atoms with Gasteiger partial charge in [0.25, 0.3) is 0 Å². The summed E-state index contributed by atoms with van der Waals surface area (Å²) < 4.78 is 0. The average Bonchev–Trinajstić information content (AvgIpc) is 2.76. The number of rotatable bonds is 24. The van der Waals surface area contributed by atoms with Gasteiger partial charge in [-0.1, -0.05) is 155 Å². The highest BCUT2D eigenvalue weighted by Gasteiger charge is 1.93. The van der Waals surface area contributed by atoms with Gasteiger partial charge in [-0.2, -0.15) is 25.3 Å². The van der Waals surface area contributed by atoms with E-state index in [1.807, 2.05) is 0 Å². The fourth-order valence-electron chi connectivity index (χ4n) is 3.91. The Labute approximate surface area is 204 Å². The second-order valence-electron chi connectivity index (χ2n) is 9.23. The van der Waals surface area contributed by atoms with Gasteiger partial charge < -0.3 is 0 Å². The Kier molecular flexibility index (Phi) is 37.6. The molecule has 0 heterocycles. The number of unbranched alkanes of at least 4 members (excludes halogenated alkanes) is 22. The van der Waals surface area contributed by atoms with Gasteiger partial charge in [0.1, 0.15) is 0 Å². The molecule has 0 unspecified atom stereocenters. The third-order valence-electron chi connectivity index (χ3n) is 6.02. The molecule has 2 heteroatoms. The van der Waals surface area contributed by atoms with Gasteiger partial charge in [0, 0.05) is 0 Å². The number of hydrogen-bond donors (Lipinski definition) is 2. The molecule has 0 aromatic rings. The molecule has 0 aliphatic heterocycles. The van der Waals surface area contributed by atoms with E-state index in [0.717, 1.165) is 11.5 Å². The van der Waals surface area contributed by atoms with Crippen molar-refractivity contribution >= 4 is 25.3 Å². The van der Waals surface area contributed by atoms with Crippen LogP contribution in [0.4, 0.5) is 0 Å². The first-order chi connectivity index (χ1) is 14.8. The third kappa shape index (κ3) is 36.1. The lowest BCUT2D eigenvalue weighted by molar-refractivity contribution is 0.538. The molecule has 0 saturated carbocycles. The third-order valence-corrected chi connectivity index (χ3v) is 6.66. The molecule has 0 aromatic heterocycles. The molecular formula is C28H60S2. The summed E-state index contributed by atoms with van der Waals surface area (Å²) in [7, 11) is 0. The lowest BCUT2D eigenvalue weighted by atomic mass is 10.0. The Bertz CT molecular complexity index is 231. The van der Waals surface area contributed by atoms with E-state index >= 15 is 0 Å². The first-order valence-corrected chi connectivity index (χ1v) is 15.3. The molecule has 0 aliphatic rings. The van der Waals surface area contributed by atoms with Crippen molar-refractivity contribution in [3.8, 4) is 0 Å². The van der Waals surface area contributed by atoms with Crippen molar-refractivity contribution in [3.63, 3.8) is 0 Å². The van der Waals surface area contributed by atoms with Gasteiger partial charge in [-0.15, -0.1) is 0 Å². The number of hydrogen-bond acceptors (Lipinski definition) is 2. The summed E-state index contributed by atoms with van der Waals surface area (Å²) in [6, 6.07) is 0. The summed E-state index contributed by atoms with van der Waals surface area (Å²) >= 11 is 8.44. The van der Waals surface area contributed by atoms with E-state index < -0.39 is 0 Å². The largest absolute Gasteiger partial charge is 0.179 e. The van der Waals surface area contributed by atoms with Crippen molar-refractivity contribution in [2.45, 2.75) is 168 Å². The second-order valence-corrected chi connectivity index (χ2v) is 10.1. The van der Waals surface area contributed by atoms with Gasteiger partial charge >= 0.3 is 0 Å². The Morgan fingerprint density at radius 2 is 0.433 bits per heavy atom. The van der Waals surface area contributed by atoms with Crippen LogP contribution in [0.15, 0.2) is 0 Å². The monoisotopic (exact) mass is 460 g/mol. The van der Waals surface area contributed by atoms with Crippen LogP contribution < -0.4 is 0 Å². The molecule has 0 aromatic carbocycles. The first kappa shape index (κ1) is 32.9. The molecule has 0 saturated heterocycles. The minimum Gasteiger partial charge on any atom is -0.179 e. The van der Waals surface area contributed by atoms with E-state index in [0.29, 0.717) is 0 Å². The molecule has 0 radical (unpaired) electrons. The summed E-state index contributed by atoms with van der Waals surface area (Å²) in [5.41, 5.74) is 0. The minimum absolute atomic E-state index is 1.07. The molecule has 0 bridgehead atoms. The summed E-state index contributed by atoms with van der Waals surface area (Å²) in [5.74, 6) is 2.13. The highest BCUT2D eigenvalue weighted by molar-refractivity contribution is 7.80. The van der Waals surface area contributed by atoms with Gasteiger partial charge in [0.15, 0.2) is 0 Å². The SMILES string of the molecule is CCCCCCCCCCCCCCCCS.CCCCCCCCCCCCS. The maximum Gasteiger partial charge on any atom is -0.00979 e. The van der Waals surface area contributed by atoms with Crippen LogP contribution in [-0.2, 0) is 0 Å². The molecule has 0 spiro atoms. The van der Waals surface area contributed by atoms with Gasteiger partial charge in [-0.25, -0.2) is 0 Å². The molecule has 0 N–H and O–H groups in total. The fourth-order valence-corrected chi connectivity index (χ4v) is 4.35. The molecule has 0 aliphatic carbocycles. The van der Waals surface area contributed by atoms with Crippen molar-refractivity contribution in [1.82, 2.24) is 0 Å². The van der Waals surface area contributed by atoms with Crippen LogP contribution in [0.3, 0.4) is 0 Å². The van der Waals surface area contributed by atoms with Crippen LogP contribution in [0.5, 0.6) is 0 Å². The molecule has 0 fully saturated rings. The molecular weight excluding hydrogens is 400 g/mol. The van der Waals surface area contributed by atoms with Crippen LogP contribution in [-0.4, -0.2) is 11.5 Å². The van der Waals surface area contributed by atoms with Crippen LogP contribution >= 0.6 is 25.3 Å². The van der Waals surface area contributed by atoms with Crippen LogP contribution in [0.1, 0.15) is 168 Å². The zero-order valence-electron chi connectivity index (χ0n) is 21.3. The smallest absolute Gasteiger partial charge is 0.00979 e. The Hall–Kier alpha value is 0.700. The Morgan fingerprint density at radius 1 is 0.267 bits per heavy atom. The van der Waals surface area contributed by atoms with E-state index in [-0.39, 0.29) is 0 Å². The van der Waals surface area contributed by atoms with Crippen LogP contribution in [0.25, 0.3) is 0 Å². The zero-order chi connectivity index (χ0) is 22.4. The highest BCUT2D eigenvalue weighted by Crippen LogP contribution is 2.13. The van der Waals surface area contributed by atoms with E-state index in [1.54, 1.807) is 0 Å². The van der Waals surface area contributed by atoms with E-state index in [2.05, 4.69) is 39.1 Å². The lowest BCUT2D eigenvalue weighted by Gasteiger charge is -2.02. The maximum absolute atomic E-state index is 4.23. The Morgan fingerprint density at radius 3 is 0.600 bits per heavy atom. The highest BCUT2D eigenvalue weighted by atomic mass is 32.1. The Balaban J connectivity index is 0. The summed E-state index contributed by atoms with van der Waals surface area (Å²) in [6.45, 7) is 4.56. The van der Waals surface area contributed by atoms with Crippen molar-refractivity contribution in [3.05, 3.63) is 0 Å². The molecule has 0 rings (SSSR count). The van der Waals surface area contributed by atoms with Crippen molar-refractivity contribution < 1.29 is 0 Å². The van der Waals surface area contributed by atoms with Crippen molar-refractivity contribution in [2.75, 3.05) is 11.5 Å². The van der Waals surface area contributed by atoms with Gasteiger partial charge in [0.2, 0.25) is 0 Å². The minimum atomic E-state index is 1.07. The van der Waals surface area contributed by atoms with Crippen molar-refractivity contribution in [2.24, 2.45) is 0 Å². The molecule has 0 amide bonds. The second kappa shape index (κ2) is 34.3. The quantitative estimate of drug-likeness (QED) is 0.104. The maximum atomic E-state index is 4.23. The predicted molar refractivity (Wildman–Crippen MR) is 150 cm³/mol. The van der Waals surface area contributed by atoms with E-state index in [4.69, 9.17) is 0 Å². The zero-order valence-corrected chi connectivity index (χ0v) is 23.1. The van der Waals surface area contributed by atoms with E-state index in [1.165, 1.54) is 154 Å². The fraction of sp³-hybridized carbons (Fsp3) is 1.00. The number of thiol groups is 2. The van der Waals surface area contributed by atoms with Gasteiger partial charge in [-0.3, -0.25) is 0 Å². The van der Waals surface area contributed by atoms with Gasteiger partial charge in [0.05, 0.1) is 0 Å². The standard InChI is InChI=1S/C16H34S.C12H26S/c1-2-3-4-5-6-7-8-9-10-11-12-13-14-15-16-17;1-2-3-4-5-6-7-8-9-10-11-12-13/h17H,2-16H2,1H3;13H,2-12H2,1H3. The summed E-state index contributed by atoms with van der Waals surface area (Å²) in [6.07, 6.45) is 34.3. The average molecular weight is 461 g/mol. The molecule has 184 valence electrons. The first-order valence-electron chi connectivity index (χ1n) is 14.0. The molecule has 0 nitrogen and oxygen atoms in total. The van der Waals surface area contributed by atoms with Crippen LogP contribution in [0, 0.1) is 0 Å². The summed E-state index contributed by atoms with van der Waals surface area (Å²) in [4.78, 5) is 0. The topological polar surface area (TPSA) is 0 Å².